The highest BCUT2D eigenvalue weighted by molar-refractivity contribution is 5.54. The minimum absolute atomic E-state index is 0. The lowest BCUT2D eigenvalue weighted by atomic mass is 9.71. The van der Waals surface area contributed by atoms with Crippen molar-refractivity contribution in [3.8, 4) is 11.5 Å². The Morgan fingerprint density at radius 2 is 1.21 bits per heavy atom. The summed E-state index contributed by atoms with van der Waals surface area (Å²) in [6.45, 7) is 6.86. The molecule has 0 spiro atoms. The summed E-state index contributed by atoms with van der Waals surface area (Å²) in [6.07, 6.45) is 0. The third-order valence-electron chi connectivity index (χ3n) is 3.55. The molecule has 19 heavy (non-hydrogen) atoms. The number of hydrogen-bond acceptors (Lipinski definition) is 1. The number of para-hydroxylation sites is 2. The van der Waals surface area contributed by atoms with Crippen LogP contribution in [0.15, 0.2) is 48.5 Å². The summed E-state index contributed by atoms with van der Waals surface area (Å²) in [6, 6.07) is 16.7. The highest BCUT2D eigenvalue weighted by Gasteiger charge is 2.35. The maximum Gasteiger partial charge on any atom is 0.131 e. The summed E-state index contributed by atoms with van der Waals surface area (Å²) in [5, 5.41) is 0. The fraction of sp³-hybridized carbons (Fsp3) is 0.333. The molecule has 0 bridgehead atoms. The summed E-state index contributed by atoms with van der Waals surface area (Å²) < 4.78 is 6.00. The maximum atomic E-state index is 6.00. The van der Waals surface area contributed by atoms with Gasteiger partial charge in [-0.15, -0.1) is 0 Å². The topological polar surface area (TPSA) is 9.23 Å². The molecule has 0 unspecified atom stereocenters. The van der Waals surface area contributed by atoms with Crippen molar-refractivity contribution in [2.24, 2.45) is 5.41 Å². The Hall–Kier alpha value is -1.76. The van der Waals surface area contributed by atoms with Gasteiger partial charge in [0.1, 0.15) is 11.5 Å². The molecule has 1 heteroatoms. The lowest BCUT2D eigenvalue weighted by Crippen LogP contribution is -2.23. The second-order valence-electron chi connectivity index (χ2n) is 5.98. The van der Waals surface area contributed by atoms with Crippen molar-refractivity contribution in [2.45, 2.75) is 34.1 Å². The van der Waals surface area contributed by atoms with Crippen molar-refractivity contribution in [3.63, 3.8) is 0 Å². The van der Waals surface area contributed by atoms with Gasteiger partial charge in [0.05, 0.1) is 0 Å². The smallest absolute Gasteiger partial charge is 0.131 e. The molecule has 1 aliphatic heterocycles. The van der Waals surface area contributed by atoms with E-state index in [1.54, 1.807) is 0 Å². The van der Waals surface area contributed by atoms with Gasteiger partial charge in [-0.25, -0.2) is 0 Å². The Balaban J connectivity index is 0.00000133. The fourth-order valence-corrected chi connectivity index (χ4v) is 2.84. The molecular formula is C18H22O. The normalized spacial score (nSPS) is 13.8. The van der Waals surface area contributed by atoms with E-state index in [2.05, 4.69) is 57.2 Å². The van der Waals surface area contributed by atoms with E-state index >= 15 is 0 Å². The molecule has 0 fully saturated rings. The molecule has 1 heterocycles. The minimum atomic E-state index is 0. The van der Waals surface area contributed by atoms with Gasteiger partial charge in [-0.2, -0.15) is 0 Å². The molecule has 0 radical (unpaired) electrons. The van der Waals surface area contributed by atoms with Crippen LogP contribution in [0.2, 0.25) is 0 Å². The van der Waals surface area contributed by atoms with E-state index in [0.29, 0.717) is 5.92 Å². The van der Waals surface area contributed by atoms with Crippen molar-refractivity contribution in [1.29, 1.82) is 0 Å². The van der Waals surface area contributed by atoms with Gasteiger partial charge >= 0.3 is 0 Å². The molecule has 3 rings (SSSR count). The largest absolute Gasteiger partial charge is 0.457 e. The van der Waals surface area contributed by atoms with Crippen LogP contribution in [0.5, 0.6) is 11.5 Å². The third kappa shape index (κ3) is 2.25. The van der Waals surface area contributed by atoms with Crippen molar-refractivity contribution >= 4 is 0 Å². The Morgan fingerprint density at radius 3 is 1.63 bits per heavy atom. The quantitative estimate of drug-likeness (QED) is 0.594. The van der Waals surface area contributed by atoms with E-state index in [4.69, 9.17) is 4.74 Å². The molecule has 0 aliphatic carbocycles. The van der Waals surface area contributed by atoms with Gasteiger partial charge in [0, 0.05) is 17.0 Å². The average Bonchev–Trinajstić information content (AvgIpc) is 2.34. The first-order valence-electron chi connectivity index (χ1n) is 6.43. The zero-order valence-electron chi connectivity index (χ0n) is 11.1. The lowest BCUT2D eigenvalue weighted by Gasteiger charge is -2.36. The van der Waals surface area contributed by atoms with Crippen LogP contribution < -0.4 is 4.74 Å². The molecule has 2 aromatic rings. The van der Waals surface area contributed by atoms with Gasteiger partial charge in [0.15, 0.2) is 0 Å². The first-order valence-corrected chi connectivity index (χ1v) is 6.43. The van der Waals surface area contributed by atoms with Crippen molar-refractivity contribution in [3.05, 3.63) is 59.7 Å². The first-order chi connectivity index (χ1) is 8.57. The Morgan fingerprint density at radius 1 is 0.789 bits per heavy atom. The number of benzene rings is 2. The SMILES string of the molecule is C.CC(C)(C)C1c2ccccc2Oc2ccccc21. The van der Waals surface area contributed by atoms with Gasteiger partial charge in [-0.05, 0) is 17.5 Å². The zero-order valence-corrected chi connectivity index (χ0v) is 11.1. The maximum absolute atomic E-state index is 6.00. The average molecular weight is 254 g/mol. The summed E-state index contributed by atoms with van der Waals surface area (Å²) in [7, 11) is 0. The molecule has 2 aromatic carbocycles. The van der Waals surface area contributed by atoms with Gasteiger partial charge < -0.3 is 4.74 Å². The molecule has 1 nitrogen and oxygen atoms in total. The van der Waals surface area contributed by atoms with Crippen LogP contribution >= 0.6 is 0 Å². The number of hydrogen-bond donors (Lipinski definition) is 0. The van der Waals surface area contributed by atoms with Crippen LogP contribution in [0.1, 0.15) is 45.2 Å². The molecule has 0 saturated heterocycles. The molecule has 0 N–H and O–H groups in total. The lowest BCUT2D eigenvalue weighted by molar-refractivity contribution is 0.325. The van der Waals surface area contributed by atoms with Crippen LogP contribution in [-0.2, 0) is 0 Å². The molecule has 0 amide bonds. The highest BCUT2D eigenvalue weighted by Crippen LogP contribution is 2.51. The van der Waals surface area contributed by atoms with Crippen LogP contribution in [0.25, 0.3) is 0 Å². The highest BCUT2D eigenvalue weighted by atomic mass is 16.5. The summed E-state index contributed by atoms with van der Waals surface area (Å²) in [4.78, 5) is 0. The van der Waals surface area contributed by atoms with Crippen molar-refractivity contribution in [1.82, 2.24) is 0 Å². The van der Waals surface area contributed by atoms with Crippen molar-refractivity contribution < 1.29 is 4.74 Å². The third-order valence-corrected chi connectivity index (χ3v) is 3.55. The fourth-order valence-electron chi connectivity index (χ4n) is 2.84. The summed E-state index contributed by atoms with van der Waals surface area (Å²) in [5.74, 6) is 2.38. The van der Waals surface area contributed by atoms with Gasteiger partial charge in [0.2, 0.25) is 0 Å². The molecule has 1 aliphatic rings. The van der Waals surface area contributed by atoms with Crippen LogP contribution in [0.4, 0.5) is 0 Å². The second-order valence-corrected chi connectivity index (χ2v) is 5.98. The Labute approximate surface area is 116 Å². The molecule has 100 valence electrons. The van der Waals surface area contributed by atoms with Gasteiger partial charge in [0.25, 0.3) is 0 Å². The van der Waals surface area contributed by atoms with Crippen LogP contribution in [-0.4, -0.2) is 0 Å². The van der Waals surface area contributed by atoms with E-state index < -0.39 is 0 Å². The van der Waals surface area contributed by atoms with Crippen molar-refractivity contribution in [2.75, 3.05) is 0 Å². The van der Waals surface area contributed by atoms with Gasteiger partial charge in [-0.3, -0.25) is 0 Å². The zero-order chi connectivity index (χ0) is 12.8. The number of rotatable bonds is 0. The second kappa shape index (κ2) is 4.73. The number of fused-ring (bicyclic) bond motifs is 2. The summed E-state index contributed by atoms with van der Waals surface area (Å²) >= 11 is 0. The predicted octanol–water partition coefficient (Wildman–Crippen LogP) is 5.61. The summed E-state index contributed by atoms with van der Waals surface area (Å²) in [5.41, 5.74) is 2.77. The minimum Gasteiger partial charge on any atom is -0.457 e. The molecule has 0 aromatic heterocycles. The van der Waals surface area contributed by atoms with E-state index in [-0.39, 0.29) is 12.8 Å². The van der Waals surface area contributed by atoms with E-state index in [1.807, 2.05) is 12.1 Å². The molecule has 0 atom stereocenters. The number of ether oxygens (including phenoxy) is 1. The van der Waals surface area contributed by atoms with Gasteiger partial charge in [-0.1, -0.05) is 64.6 Å². The monoisotopic (exact) mass is 254 g/mol. The van der Waals surface area contributed by atoms with E-state index in [9.17, 15) is 0 Å². The molecule has 0 saturated carbocycles. The van der Waals surface area contributed by atoms with Crippen LogP contribution in [0.3, 0.4) is 0 Å². The standard InChI is InChI=1S/C17H18O.CH4/c1-17(2,3)16-12-8-4-6-10-14(12)18-15-11-7-5-9-13(15)16;/h4-11,16H,1-3H3;1H4. The predicted molar refractivity (Wildman–Crippen MR) is 81.0 cm³/mol. The van der Waals surface area contributed by atoms with E-state index in [1.165, 1.54) is 11.1 Å². The molecular weight excluding hydrogens is 232 g/mol. The Kier molecular flexibility index (Phi) is 3.40. The first kappa shape index (κ1) is 13.7. The van der Waals surface area contributed by atoms with Crippen LogP contribution in [0, 0.1) is 5.41 Å². The van der Waals surface area contributed by atoms with E-state index in [0.717, 1.165) is 11.5 Å². The Bertz CT molecular complexity index is 533.